The van der Waals surface area contributed by atoms with Crippen LogP contribution in [0.25, 0.3) is 0 Å². The van der Waals surface area contributed by atoms with Gasteiger partial charge in [0, 0.05) is 5.41 Å². The molecular weight excluding hydrogens is 274 g/mol. The van der Waals surface area contributed by atoms with Crippen LogP contribution in [0, 0.1) is 16.2 Å². The van der Waals surface area contributed by atoms with E-state index >= 15 is 0 Å². The molecule has 0 aliphatic carbocycles. The van der Waals surface area contributed by atoms with Gasteiger partial charge >= 0.3 is 7.25 Å². The summed E-state index contributed by atoms with van der Waals surface area (Å²) >= 11 is 0. The van der Waals surface area contributed by atoms with E-state index in [4.69, 9.17) is 0 Å². The largest absolute Gasteiger partial charge is 0.673 e. The first-order valence-corrected chi connectivity index (χ1v) is 7.64. The highest BCUT2D eigenvalue weighted by Gasteiger charge is 2.34. The number of hydrogen-bond donors (Lipinski definition) is 0. The first kappa shape index (κ1) is 21.5. The molecule has 0 N–H and O–H groups in total. The lowest BCUT2D eigenvalue weighted by molar-refractivity contribution is 0.147. The zero-order valence-corrected chi connectivity index (χ0v) is 14.8. The molecule has 0 rings (SSSR count). The molecule has 0 aromatic carbocycles. The molecular formula is C13H30BF4P. The van der Waals surface area contributed by atoms with Crippen LogP contribution in [0.2, 0.25) is 0 Å². The molecule has 0 aliphatic heterocycles. The van der Waals surface area contributed by atoms with Crippen LogP contribution in [0.4, 0.5) is 17.3 Å². The molecule has 0 spiro atoms. The summed E-state index contributed by atoms with van der Waals surface area (Å²) in [6.07, 6.45) is 3.99. The van der Waals surface area contributed by atoms with Gasteiger partial charge in [-0.25, -0.2) is 0 Å². The van der Waals surface area contributed by atoms with E-state index in [9.17, 15) is 17.3 Å². The Kier molecular flexibility index (Phi) is 8.25. The van der Waals surface area contributed by atoms with E-state index < -0.39 is 7.25 Å². The second-order valence-electron chi connectivity index (χ2n) is 8.03. The predicted octanol–water partition coefficient (Wildman–Crippen LogP) is 5.77. The molecule has 118 valence electrons. The highest BCUT2D eigenvalue weighted by atomic mass is 31.0. The fraction of sp³-hybridized carbons (Fsp3) is 1.00. The van der Waals surface area contributed by atoms with E-state index in [-0.39, 0.29) is 0 Å². The molecule has 0 heterocycles. The highest BCUT2D eigenvalue weighted by Crippen LogP contribution is 2.42. The summed E-state index contributed by atoms with van der Waals surface area (Å²) in [5, 5.41) is 0. The monoisotopic (exact) mass is 304 g/mol. The van der Waals surface area contributed by atoms with Gasteiger partial charge in [0.05, 0.1) is 6.16 Å². The van der Waals surface area contributed by atoms with E-state index in [2.05, 4.69) is 57.7 Å². The van der Waals surface area contributed by atoms with Crippen LogP contribution in [0.15, 0.2) is 0 Å². The van der Waals surface area contributed by atoms with Crippen LogP contribution < -0.4 is 0 Å². The van der Waals surface area contributed by atoms with E-state index in [1.165, 1.54) is 19.0 Å². The van der Waals surface area contributed by atoms with Gasteiger partial charge in [0.1, 0.15) is 0 Å². The fourth-order valence-electron chi connectivity index (χ4n) is 2.80. The fourth-order valence-corrected chi connectivity index (χ4v) is 3.15. The third-order valence-corrected chi connectivity index (χ3v) is 3.72. The van der Waals surface area contributed by atoms with E-state index in [0.29, 0.717) is 16.2 Å². The lowest BCUT2D eigenvalue weighted by atomic mass is 9.68. The topological polar surface area (TPSA) is 0 Å². The van der Waals surface area contributed by atoms with E-state index in [0.717, 1.165) is 0 Å². The summed E-state index contributed by atoms with van der Waals surface area (Å²) in [5.74, 6) is 0. The summed E-state index contributed by atoms with van der Waals surface area (Å²) in [5.41, 5.74) is 1.44. The summed E-state index contributed by atoms with van der Waals surface area (Å²) in [6, 6.07) is 0. The average Bonchev–Trinajstić information content (AvgIpc) is 1.92. The standard InChI is InChI=1S/C13H29P.BF4/c1-11(2,3)8-13(7,10-14)9-12(4,5)6;2-1(3,4)5/h8-10,14H2,1-7H3;/q;-1/p+1. The van der Waals surface area contributed by atoms with Gasteiger partial charge in [0.25, 0.3) is 0 Å². The summed E-state index contributed by atoms with van der Waals surface area (Å²) in [6.45, 7) is 16.6. The van der Waals surface area contributed by atoms with Crippen molar-refractivity contribution in [3.63, 3.8) is 0 Å². The Morgan fingerprint density at radius 1 is 0.737 bits per heavy atom. The second-order valence-corrected chi connectivity index (χ2v) is 8.53. The molecule has 0 saturated carbocycles. The maximum absolute atomic E-state index is 9.75. The van der Waals surface area contributed by atoms with Crippen molar-refractivity contribution in [1.82, 2.24) is 0 Å². The first-order valence-electron chi connectivity index (χ1n) is 6.64. The summed E-state index contributed by atoms with van der Waals surface area (Å²) in [7, 11) is -3.87. The SMILES string of the molecule is CC(C)(C)CC(C)(C[PH3+])CC(C)(C)C.F[B-](F)(F)F. The quantitative estimate of drug-likeness (QED) is 0.352. The van der Waals surface area contributed by atoms with Gasteiger partial charge in [-0.2, -0.15) is 0 Å². The number of halogens is 4. The van der Waals surface area contributed by atoms with Gasteiger partial charge in [-0.1, -0.05) is 48.5 Å². The Labute approximate surface area is 118 Å². The molecule has 0 aliphatic rings. The molecule has 0 bridgehead atoms. The van der Waals surface area contributed by atoms with Crippen molar-refractivity contribution in [2.75, 3.05) is 6.16 Å². The molecule has 0 aromatic heterocycles. The maximum atomic E-state index is 9.75. The minimum Gasteiger partial charge on any atom is -0.418 e. The van der Waals surface area contributed by atoms with Crippen molar-refractivity contribution >= 4 is 16.5 Å². The summed E-state index contributed by atoms with van der Waals surface area (Å²) < 4.78 is 39.0. The van der Waals surface area contributed by atoms with Crippen LogP contribution >= 0.6 is 9.24 Å². The van der Waals surface area contributed by atoms with Gasteiger partial charge < -0.3 is 17.3 Å². The van der Waals surface area contributed by atoms with Crippen LogP contribution in [-0.2, 0) is 0 Å². The Hall–Kier alpha value is 0.215. The summed E-state index contributed by atoms with van der Waals surface area (Å²) in [4.78, 5) is 0. The van der Waals surface area contributed by atoms with Gasteiger partial charge in [0.15, 0.2) is 0 Å². The normalized spacial score (nSPS) is 14.1. The van der Waals surface area contributed by atoms with Gasteiger partial charge in [-0.15, -0.1) is 0 Å². The molecule has 0 aromatic rings. The van der Waals surface area contributed by atoms with E-state index in [1.807, 2.05) is 0 Å². The first-order chi connectivity index (χ1) is 7.97. The van der Waals surface area contributed by atoms with Gasteiger partial charge in [0.2, 0.25) is 0 Å². The Balaban J connectivity index is 0. The molecule has 0 fully saturated rings. The van der Waals surface area contributed by atoms with Crippen molar-refractivity contribution < 1.29 is 17.3 Å². The number of hydrogen-bond acceptors (Lipinski definition) is 0. The third kappa shape index (κ3) is 20.7. The minimum absolute atomic E-state index is 0.459. The molecule has 0 radical (unpaired) electrons. The van der Waals surface area contributed by atoms with Crippen molar-refractivity contribution in [2.24, 2.45) is 16.2 Å². The Bertz CT molecular complexity index is 229. The van der Waals surface area contributed by atoms with Crippen molar-refractivity contribution in [2.45, 2.75) is 61.3 Å². The lowest BCUT2D eigenvalue weighted by Gasteiger charge is -2.37. The average molecular weight is 304 g/mol. The highest BCUT2D eigenvalue weighted by molar-refractivity contribution is 7.16. The van der Waals surface area contributed by atoms with Crippen LogP contribution in [0.5, 0.6) is 0 Å². The van der Waals surface area contributed by atoms with Crippen molar-refractivity contribution in [3.8, 4) is 0 Å². The number of rotatable bonds is 3. The third-order valence-electron chi connectivity index (χ3n) is 2.52. The Morgan fingerprint density at radius 2 is 0.947 bits per heavy atom. The van der Waals surface area contributed by atoms with Crippen molar-refractivity contribution in [1.29, 1.82) is 0 Å². The molecule has 19 heavy (non-hydrogen) atoms. The van der Waals surface area contributed by atoms with Crippen LogP contribution in [-0.4, -0.2) is 13.4 Å². The molecule has 6 heteroatoms. The molecule has 0 saturated heterocycles. The molecule has 0 nitrogen and oxygen atoms in total. The zero-order chi connectivity index (χ0) is 16.1. The molecule has 1 atom stereocenters. The maximum Gasteiger partial charge on any atom is 0.673 e. The lowest BCUT2D eigenvalue weighted by Crippen LogP contribution is -2.30. The smallest absolute Gasteiger partial charge is 0.418 e. The van der Waals surface area contributed by atoms with Crippen LogP contribution in [0.1, 0.15) is 61.3 Å². The van der Waals surface area contributed by atoms with Gasteiger partial charge in [-0.05, 0) is 32.9 Å². The minimum atomic E-state index is -6.00. The zero-order valence-electron chi connectivity index (χ0n) is 13.4. The van der Waals surface area contributed by atoms with E-state index in [1.54, 1.807) is 0 Å². The van der Waals surface area contributed by atoms with Crippen LogP contribution in [0.3, 0.4) is 0 Å². The predicted molar refractivity (Wildman–Crippen MR) is 82.4 cm³/mol. The second kappa shape index (κ2) is 7.29. The molecule has 0 amide bonds. The Morgan fingerprint density at radius 3 is 1.05 bits per heavy atom. The van der Waals surface area contributed by atoms with Crippen molar-refractivity contribution in [3.05, 3.63) is 0 Å². The van der Waals surface area contributed by atoms with Gasteiger partial charge in [-0.3, -0.25) is 0 Å². The molecule has 1 unspecified atom stereocenters.